The third-order valence-corrected chi connectivity index (χ3v) is 7.19. The molecule has 9 heteroatoms. The number of likely N-dealkylation sites (N-methyl/N-ethyl adjacent to an activating group) is 1. The molecule has 4 N–H and O–H groups in total. The zero-order valence-corrected chi connectivity index (χ0v) is 18.2. The van der Waals surface area contributed by atoms with E-state index in [9.17, 15) is 19.2 Å². The van der Waals surface area contributed by atoms with Crippen LogP contribution in [0.5, 0.6) is 0 Å². The van der Waals surface area contributed by atoms with Crippen molar-refractivity contribution < 1.29 is 19.2 Å². The highest BCUT2D eigenvalue weighted by Crippen LogP contribution is 2.37. The molecule has 0 spiro atoms. The number of carbonyl (C=O) groups is 4. The highest BCUT2D eigenvalue weighted by atomic mass is 16.2. The number of hydrogen-bond donors (Lipinski definition) is 3. The summed E-state index contributed by atoms with van der Waals surface area (Å²) in [6.07, 6.45) is 5.64. The van der Waals surface area contributed by atoms with E-state index in [4.69, 9.17) is 5.73 Å². The lowest BCUT2D eigenvalue weighted by atomic mass is 9.83. The third kappa shape index (κ3) is 4.31. The van der Waals surface area contributed by atoms with Gasteiger partial charge >= 0.3 is 0 Å². The Hall–Kier alpha value is -2.16. The van der Waals surface area contributed by atoms with Crippen LogP contribution in [0, 0.1) is 11.8 Å². The zero-order chi connectivity index (χ0) is 22.0. The van der Waals surface area contributed by atoms with Gasteiger partial charge in [0.15, 0.2) is 0 Å². The number of likely N-dealkylation sites (tertiary alicyclic amines) is 2. The molecule has 3 aliphatic rings. The van der Waals surface area contributed by atoms with Gasteiger partial charge in [0.25, 0.3) is 0 Å². The molecule has 0 radical (unpaired) electrons. The summed E-state index contributed by atoms with van der Waals surface area (Å²) >= 11 is 0. The van der Waals surface area contributed by atoms with E-state index >= 15 is 0 Å². The van der Waals surface area contributed by atoms with Crippen LogP contribution in [0.1, 0.15) is 52.4 Å². The average molecular weight is 422 g/mol. The Labute approximate surface area is 178 Å². The minimum absolute atomic E-state index is 0.0793. The molecule has 168 valence electrons. The molecule has 0 aromatic carbocycles. The number of nitrogens with two attached hydrogens (primary N) is 1. The summed E-state index contributed by atoms with van der Waals surface area (Å²) in [5.41, 5.74) is 5.64. The lowest BCUT2D eigenvalue weighted by Gasteiger charge is -2.36. The molecule has 2 aliphatic heterocycles. The highest BCUT2D eigenvalue weighted by molar-refractivity contribution is 5.91. The van der Waals surface area contributed by atoms with Gasteiger partial charge in [0.05, 0.1) is 24.0 Å². The van der Waals surface area contributed by atoms with Gasteiger partial charge in [0.1, 0.15) is 6.04 Å². The lowest BCUT2D eigenvalue weighted by molar-refractivity contribution is -0.141. The van der Waals surface area contributed by atoms with Gasteiger partial charge in [-0.15, -0.1) is 0 Å². The number of carbonyl (C=O) groups excluding carboxylic acids is 4. The molecule has 3 rings (SSSR count). The van der Waals surface area contributed by atoms with Crippen LogP contribution in [0.15, 0.2) is 0 Å². The Morgan fingerprint density at radius 3 is 2.27 bits per heavy atom. The van der Waals surface area contributed by atoms with Crippen molar-refractivity contribution in [3.05, 3.63) is 0 Å². The smallest absolute Gasteiger partial charge is 0.245 e. The summed E-state index contributed by atoms with van der Waals surface area (Å²) < 4.78 is 0. The summed E-state index contributed by atoms with van der Waals surface area (Å²) in [4.78, 5) is 53.9. The van der Waals surface area contributed by atoms with Crippen molar-refractivity contribution >= 4 is 23.6 Å². The van der Waals surface area contributed by atoms with Crippen LogP contribution >= 0.6 is 0 Å². The fourth-order valence-electron chi connectivity index (χ4n) is 5.39. The van der Waals surface area contributed by atoms with Crippen molar-refractivity contribution in [3.8, 4) is 0 Å². The first-order valence-corrected chi connectivity index (χ1v) is 11.1. The van der Waals surface area contributed by atoms with Crippen LogP contribution in [0.25, 0.3) is 0 Å². The largest absolute Gasteiger partial charge is 0.369 e. The van der Waals surface area contributed by atoms with Gasteiger partial charge in [-0.3, -0.25) is 19.2 Å². The average Bonchev–Trinajstić information content (AvgIpc) is 3.31. The van der Waals surface area contributed by atoms with Crippen LogP contribution in [-0.4, -0.2) is 77.7 Å². The first-order chi connectivity index (χ1) is 14.3. The molecule has 0 aromatic heterocycles. The van der Waals surface area contributed by atoms with Gasteiger partial charge in [-0.1, -0.05) is 19.3 Å². The van der Waals surface area contributed by atoms with Gasteiger partial charge in [-0.25, -0.2) is 0 Å². The molecule has 1 aliphatic carbocycles. The number of nitrogens with one attached hydrogen (secondary N) is 2. The summed E-state index contributed by atoms with van der Waals surface area (Å²) in [5, 5.41) is 5.90. The van der Waals surface area contributed by atoms with E-state index in [0.29, 0.717) is 13.0 Å². The molecule has 1 saturated carbocycles. The molecule has 5 atom stereocenters. The number of fused-ring (bicyclic) bond motifs is 1. The summed E-state index contributed by atoms with van der Waals surface area (Å²) in [6, 6.07) is -1.63. The standard InChI is InChI=1S/C21H35N5O4/c1-12(23-3)20(29)24-17(14-7-5-4-6-8-14)21(30)25-10-9-16-18(25)15(19(22)28)11-26(16)13(2)27/h12,14-18,23H,4-11H2,1-3H3,(H2,22,28)(H,24,29)/t12-,15-,16+,17-,18+/m0/s1. The fourth-order valence-corrected chi connectivity index (χ4v) is 5.39. The maximum absolute atomic E-state index is 13.7. The topological polar surface area (TPSA) is 125 Å². The highest BCUT2D eigenvalue weighted by Gasteiger charge is 2.54. The van der Waals surface area contributed by atoms with E-state index < -0.39 is 30.0 Å². The van der Waals surface area contributed by atoms with Crippen molar-refractivity contribution in [3.63, 3.8) is 0 Å². The van der Waals surface area contributed by atoms with E-state index in [1.54, 1.807) is 23.8 Å². The first-order valence-electron chi connectivity index (χ1n) is 11.1. The molecule has 2 heterocycles. The molecular formula is C21H35N5O4. The predicted octanol–water partition coefficient (Wildman–Crippen LogP) is -0.407. The normalized spacial score (nSPS) is 28.7. The molecule has 4 amide bonds. The number of amides is 4. The Morgan fingerprint density at radius 2 is 1.70 bits per heavy atom. The lowest BCUT2D eigenvalue weighted by Crippen LogP contribution is -2.58. The van der Waals surface area contributed by atoms with Crippen molar-refractivity contribution in [2.75, 3.05) is 20.1 Å². The van der Waals surface area contributed by atoms with Crippen molar-refractivity contribution in [2.45, 2.75) is 76.5 Å². The van der Waals surface area contributed by atoms with E-state index in [0.717, 1.165) is 32.1 Å². The molecule has 0 unspecified atom stereocenters. The second kappa shape index (κ2) is 9.32. The Bertz CT molecular complexity index is 693. The second-order valence-corrected chi connectivity index (χ2v) is 8.95. The van der Waals surface area contributed by atoms with Gasteiger partial charge < -0.3 is 26.2 Å². The Morgan fingerprint density at radius 1 is 1.03 bits per heavy atom. The maximum Gasteiger partial charge on any atom is 0.245 e. The van der Waals surface area contributed by atoms with Gasteiger partial charge in [-0.05, 0) is 39.2 Å². The van der Waals surface area contributed by atoms with Crippen LogP contribution in [0.3, 0.4) is 0 Å². The monoisotopic (exact) mass is 421 g/mol. The number of primary amides is 1. The van der Waals surface area contributed by atoms with E-state index in [1.807, 2.05) is 0 Å². The quantitative estimate of drug-likeness (QED) is 0.538. The summed E-state index contributed by atoms with van der Waals surface area (Å²) in [5.74, 6) is -1.46. The number of rotatable bonds is 6. The molecule has 30 heavy (non-hydrogen) atoms. The third-order valence-electron chi connectivity index (χ3n) is 7.19. The maximum atomic E-state index is 13.7. The second-order valence-electron chi connectivity index (χ2n) is 8.95. The molecule has 3 fully saturated rings. The number of hydrogen-bond acceptors (Lipinski definition) is 5. The SMILES string of the molecule is CN[C@@H](C)C(=O)N[C@H](C(=O)N1CC[C@@H]2[C@H]1[C@@H](C(N)=O)CN2C(C)=O)C1CCCCC1. The Kier molecular flexibility index (Phi) is 7.00. The van der Waals surface area contributed by atoms with Gasteiger partial charge in [-0.2, -0.15) is 0 Å². The van der Waals surface area contributed by atoms with Crippen LogP contribution < -0.4 is 16.4 Å². The molecule has 2 saturated heterocycles. The molecule has 9 nitrogen and oxygen atoms in total. The van der Waals surface area contributed by atoms with E-state index in [-0.39, 0.29) is 36.2 Å². The Balaban J connectivity index is 1.85. The minimum atomic E-state index is -0.618. The van der Waals surface area contributed by atoms with Gasteiger partial charge in [0.2, 0.25) is 23.6 Å². The van der Waals surface area contributed by atoms with Crippen LogP contribution in [-0.2, 0) is 19.2 Å². The van der Waals surface area contributed by atoms with Crippen LogP contribution in [0.4, 0.5) is 0 Å². The van der Waals surface area contributed by atoms with Crippen molar-refractivity contribution in [1.29, 1.82) is 0 Å². The summed E-state index contributed by atoms with van der Waals surface area (Å²) in [6.45, 7) is 3.95. The number of nitrogens with zero attached hydrogens (tertiary/aromatic N) is 2. The van der Waals surface area contributed by atoms with Gasteiger partial charge in [0, 0.05) is 20.0 Å². The predicted molar refractivity (Wildman–Crippen MR) is 111 cm³/mol. The van der Waals surface area contributed by atoms with Crippen LogP contribution in [0.2, 0.25) is 0 Å². The fraction of sp³-hybridized carbons (Fsp3) is 0.810. The van der Waals surface area contributed by atoms with E-state index in [2.05, 4.69) is 10.6 Å². The first kappa shape index (κ1) is 22.5. The van der Waals surface area contributed by atoms with E-state index in [1.165, 1.54) is 6.92 Å². The molecule has 0 bridgehead atoms. The molecule has 0 aromatic rings. The zero-order valence-electron chi connectivity index (χ0n) is 18.2. The minimum Gasteiger partial charge on any atom is -0.369 e. The van der Waals surface area contributed by atoms with Crippen molar-refractivity contribution in [1.82, 2.24) is 20.4 Å². The molecular weight excluding hydrogens is 386 g/mol. The van der Waals surface area contributed by atoms with Crippen molar-refractivity contribution in [2.24, 2.45) is 17.6 Å². The summed E-state index contributed by atoms with van der Waals surface area (Å²) in [7, 11) is 1.71.